The Bertz CT molecular complexity index is 940. The summed E-state index contributed by atoms with van der Waals surface area (Å²) in [6.45, 7) is 0. The number of carbonyl (C=O) groups excluding carboxylic acids is 1. The number of thioether (sulfide) groups is 1. The van der Waals surface area contributed by atoms with Gasteiger partial charge in [0, 0.05) is 22.9 Å². The molecule has 3 aromatic rings. The molecular weight excluding hydrogens is 399 g/mol. The Balaban J connectivity index is 1.56. The molecule has 0 aliphatic rings. The molecule has 8 heteroatoms. The maximum Gasteiger partial charge on any atom is 0.230 e. The molecule has 1 N–H and O–H groups in total. The lowest BCUT2D eigenvalue weighted by Crippen LogP contribution is -2.14. The Kier molecular flexibility index (Phi) is 6.89. The normalized spacial score (nSPS) is 10.5. The van der Waals surface area contributed by atoms with E-state index in [-0.39, 0.29) is 18.1 Å². The minimum atomic E-state index is -0.390. The number of nitrogens with zero attached hydrogens (tertiary/aromatic N) is 1. The highest BCUT2D eigenvalue weighted by Crippen LogP contribution is 2.30. The number of thiazole rings is 1. The Hall–Kier alpha value is -2.58. The number of rotatable bonds is 8. The molecule has 0 fully saturated rings. The van der Waals surface area contributed by atoms with E-state index >= 15 is 0 Å². The summed E-state index contributed by atoms with van der Waals surface area (Å²) >= 11 is 3.07. The van der Waals surface area contributed by atoms with Gasteiger partial charge in [-0.1, -0.05) is 17.8 Å². The minimum absolute atomic E-state index is 0.139. The number of carbonyl (C=O) groups is 1. The average Bonchev–Trinajstić information content (AvgIpc) is 3.13. The molecule has 0 saturated carbocycles. The van der Waals surface area contributed by atoms with E-state index in [1.165, 1.54) is 23.5 Å². The van der Waals surface area contributed by atoms with Crippen LogP contribution in [0.25, 0.3) is 0 Å². The van der Waals surface area contributed by atoms with Gasteiger partial charge in [0.25, 0.3) is 0 Å². The number of methoxy groups -OCH3 is 2. The number of benzene rings is 2. The lowest BCUT2D eigenvalue weighted by atomic mass is 10.2. The fourth-order valence-corrected chi connectivity index (χ4v) is 4.24. The molecule has 1 heterocycles. The Morgan fingerprint density at radius 3 is 2.61 bits per heavy atom. The van der Waals surface area contributed by atoms with Crippen molar-refractivity contribution in [1.29, 1.82) is 0 Å². The molecule has 0 saturated heterocycles. The van der Waals surface area contributed by atoms with E-state index in [9.17, 15) is 9.18 Å². The molecule has 0 unspecified atom stereocenters. The topological polar surface area (TPSA) is 60.5 Å². The van der Waals surface area contributed by atoms with E-state index in [2.05, 4.69) is 10.3 Å². The predicted molar refractivity (Wildman–Crippen MR) is 110 cm³/mol. The number of anilines is 1. The van der Waals surface area contributed by atoms with Crippen LogP contribution in [0.5, 0.6) is 11.5 Å². The Morgan fingerprint density at radius 1 is 1.18 bits per heavy atom. The number of ether oxygens (including phenoxy) is 2. The molecule has 0 atom stereocenters. The first-order chi connectivity index (χ1) is 13.6. The first kappa shape index (κ1) is 20.2. The van der Waals surface area contributed by atoms with Gasteiger partial charge in [0.1, 0.15) is 21.7 Å². The van der Waals surface area contributed by atoms with Crippen LogP contribution < -0.4 is 14.8 Å². The van der Waals surface area contributed by atoms with Crippen molar-refractivity contribution in [3.63, 3.8) is 0 Å². The zero-order valence-electron chi connectivity index (χ0n) is 15.4. The maximum atomic E-state index is 13.2. The van der Waals surface area contributed by atoms with Gasteiger partial charge in [-0.15, -0.1) is 11.3 Å². The van der Waals surface area contributed by atoms with Gasteiger partial charge < -0.3 is 14.8 Å². The van der Waals surface area contributed by atoms with Gasteiger partial charge in [-0.3, -0.25) is 4.79 Å². The number of aromatic nitrogens is 1. The molecule has 28 heavy (non-hydrogen) atoms. The second kappa shape index (κ2) is 9.57. The van der Waals surface area contributed by atoms with Gasteiger partial charge in [-0.05, 0) is 35.9 Å². The largest absolute Gasteiger partial charge is 0.497 e. The molecule has 3 rings (SSSR count). The van der Waals surface area contributed by atoms with Crippen molar-refractivity contribution in [1.82, 2.24) is 4.98 Å². The molecule has 5 nitrogen and oxygen atoms in total. The molecule has 0 spiro atoms. The van der Waals surface area contributed by atoms with Crippen LogP contribution in [0.15, 0.2) is 52.2 Å². The molecule has 0 radical (unpaired) electrons. The molecule has 0 aliphatic carbocycles. The van der Waals surface area contributed by atoms with Gasteiger partial charge in [0.15, 0.2) is 0 Å². The third kappa shape index (κ3) is 5.71. The first-order valence-electron chi connectivity index (χ1n) is 8.40. The highest BCUT2D eigenvalue weighted by atomic mass is 32.2. The van der Waals surface area contributed by atoms with Crippen molar-refractivity contribution >= 4 is 34.7 Å². The Labute approximate surface area is 170 Å². The standard InChI is InChI=1S/C20H19FN2O3S2/c1-25-17-6-13(7-18(10-17)26-2)11-27-20-23-16(12-28-20)9-19(24)22-15-5-3-4-14(21)8-15/h3-8,10,12H,9,11H2,1-2H3,(H,22,24). The zero-order valence-corrected chi connectivity index (χ0v) is 17.0. The molecule has 1 amide bonds. The quantitative estimate of drug-likeness (QED) is 0.534. The Morgan fingerprint density at radius 2 is 1.93 bits per heavy atom. The summed E-state index contributed by atoms with van der Waals surface area (Å²) in [6, 6.07) is 11.5. The lowest BCUT2D eigenvalue weighted by Gasteiger charge is -2.07. The number of nitrogens with one attached hydrogen (secondary N) is 1. The fraction of sp³-hybridized carbons (Fsp3) is 0.200. The fourth-order valence-electron chi connectivity index (χ4n) is 2.47. The van der Waals surface area contributed by atoms with E-state index in [1.54, 1.807) is 38.1 Å². The van der Waals surface area contributed by atoms with Gasteiger partial charge >= 0.3 is 0 Å². The van der Waals surface area contributed by atoms with Crippen molar-refractivity contribution in [2.45, 2.75) is 16.5 Å². The molecule has 0 aliphatic heterocycles. The van der Waals surface area contributed by atoms with Crippen LogP contribution in [0.4, 0.5) is 10.1 Å². The van der Waals surface area contributed by atoms with Crippen molar-refractivity contribution in [3.8, 4) is 11.5 Å². The summed E-state index contributed by atoms with van der Waals surface area (Å²) in [7, 11) is 3.24. The summed E-state index contributed by atoms with van der Waals surface area (Å²) in [5.74, 6) is 1.56. The summed E-state index contributed by atoms with van der Waals surface area (Å²) in [5.41, 5.74) is 2.17. The third-order valence-electron chi connectivity index (χ3n) is 3.75. The predicted octanol–water partition coefficient (Wildman–Crippen LogP) is 4.77. The van der Waals surface area contributed by atoms with Gasteiger partial charge in [0.2, 0.25) is 5.91 Å². The van der Waals surface area contributed by atoms with Crippen molar-refractivity contribution in [2.75, 3.05) is 19.5 Å². The van der Waals surface area contributed by atoms with Gasteiger partial charge in [-0.25, -0.2) is 9.37 Å². The van der Waals surface area contributed by atoms with E-state index in [0.29, 0.717) is 17.1 Å². The minimum Gasteiger partial charge on any atom is -0.497 e. The van der Waals surface area contributed by atoms with Crippen LogP contribution in [-0.2, 0) is 17.0 Å². The maximum absolute atomic E-state index is 13.2. The summed E-state index contributed by atoms with van der Waals surface area (Å²) in [5, 5.41) is 4.54. The van der Waals surface area contributed by atoms with Crippen LogP contribution in [0.2, 0.25) is 0 Å². The molecular formula is C20H19FN2O3S2. The number of halogens is 1. The summed E-state index contributed by atoms with van der Waals surface area (Å²) in [6.07, 6.45) is 0.139. The van der Waals surface area contributed by atoms with Gasteiger partial charge in [0.05, 0.1) is 26.3 Å². The van der Waals surface area contributed by atoms with Crippen LogP contribution in [0.3, 0.4) is 0 Å². The van der Waals surface area contributed by atoms with Crippen LogP contribution in [0.1, 0.15) is 11.3 Å². The van der Waals surface area contributed by atoms with Crippen molar-refractivity contribution in [3.05, 3.63) is 64.9 Å². The van der Waals surface area contributed by atoms with Crippen LogP contribution in [0, 0.1) is 5.82 Å². The highest BCUT2D eigenvalue weighted by molar-refractivity contribution is 8.00. The second-order valence-electron chi connectivity index (χ2n) is 5.85. The number of amides is 1. The lowest BCUT2D eigenvalue weighted by molar-refractivity contribution is -0.115. The third-order valence-corrected chi connectivity index (χ3v) is 5.90. The van der Waals surface area contributed by atoms with Crippen molar-refractivity contribution in [2.24, 2.45) is 0 Å². The SMILES string of the molecule is COc1cc(CSc2nc(CC(=O)Nc3cccc(F)c3)cs2)cc(OC)c1. The number of hydrogen-bond acceptors (Lipinski definition) is 6. The number of hydrogen-bond donors (Lipinski definition) is 1. The van der Waals surface area contributed by atoms with Crippen LogP contribution in [-0.4, -0.2) is 25.1 Å². The van der Waals surface area contributed by atoms with E-state index in [0.717, 1.165) is 21.4 Å². The first-order valence-corrected chi connectivity index (χ1v) is 10.3. The highest BCUT2D eigenvalue weighted by Gasteiger charge is 2.10. The monoisotopic (exact) mass is 418 g/mol. The molecule has 1 aromatic heterocycles. The molecule has 0 bridgehead atoms. The molecule has 2 aromatic carbocycles. The van der Waals surface area contributed by atoms with E-state index in [1.807, 2.05) is 23.6 Å². The zero-order chi connectivity index (χ0) is 19.9. The van der Waals surface area contributed by atoms with Crippen molar-refractivity contribution < 1.29 is 18.7 Å². The van der Waals surface area contributed by atoms with E-state index < -0.39 is 0 Å². The molecule has 146 valence electrons. The average molecular weight is 419 g/mol. The van der Waals surface area contributed by atoms with Gasteiger partial charge in [-0.2, -0.15) is 0 Å². The summed E-state index contributed by atoms with van der Waals surface area (Å²) in [4.78, 5) is 16.6. The van der Waals surface area contributed by atoms with Crippen LogP contribution >= 0.6 is 23.1 Å². The second-order valence-corrected chi connectivity index (χ2v) is 7.93. The smallest absolute Gasteiger partial charge is 0.230 e. The summed E-state index contributed by atoms with van der Waals surface area (Å²) < 4.78 is 24.6. The van der Waals surface area contributed by atoms with E-state index in [4.69, 9.17) is 9.47 Å².